The van der Waals surface area contributed by atoms with E-state index in [0.29, 0.717) is 35.7 Å². The van der Waals surface area contributed by atoms with Gasteiger partial charge in [-0.15, -0.1) is 0 Å². The van der Waals surface area contributed by atoms with Gasteiger partial charge in [0.1, 0.15) is 11.4 Å². The van der Waals surface area contributed by atoms with E-state index in [1.807, 2.05) is 19.9 Å². The van der Waals surface area contributed by atoms with Crippen molar-refractivity contribution in [1.29, 1.82) is 0 Å². The van der Waals surface area contributed by atoms with Crippen LogP contribution in [0, 0.1) is 12.8 Å². The molecule has 212 valence electrons. The third-order valence-corrected chi connectivity index (χ3v) is 5.46. The van der Waals surface area contributed by atoms with E-state index in [4.69, 9.17) is 18.9 Å². The minimum atomic E-state index is -1.23. The second-order valence-electron chi connectivity index (χ2n) is 9.11. The number of methoxy groups -OCH3 is 1. The maximum atomic E-state index is 13.1. The van der Waals surface area contributed by atoms with Gasteiger partial charge in [-0.3, -0.25) is 9.59 Å². The van der Waals surface area contributed by atoms with Crippen molar-refractivity contribution in [3.05, 3.63) is 47.3 Å². The Kier molecular flexibility index (Phi) is 12.2. The van der Waals surface area contributed by atoms with Crippen LogP contribution >= 0.6 is 0 Å². The molecule has 3 rings (SSSR count). The van der Waals surface area contributed by atoms with Gasteiger partial charge in [0.15, 0.2) is 5.69 Å². The molecule has 1 aliphatic carbocycles. The molecule has 11 heteroatoms. The Morgan fingerprint density at radius 3 is 2.33 bits per heavy atom. The molecule has 39 heavy (non-hydrogen) atoms. The van der Waals surface area contributed by atoms with Crippen molar-refractivity contribution in [3.8, 4) is 16.9 Å². The lowest BCUT2D eigenvalue weighted by atomic mass is 9.98. The van der Waals surface area contributed by atoms with Crippen molar-refractivity contribution in [2.75, 3.05) is 20.2 Å². The highest BCUT2D eigenvalue weighted by molar-refractivity contribution is 5.99. The predicted molar refractivity (Wildman–Crippen MR) is 143 cm³/mol. The predicted octanol–water partition coefficient (Wildman–Crippen LogP) is 4.02. The molecule has 1 fully saturated rings. The highest BCUT2D eigenvalue weighted by Crippen LogP contribution is 2.31. The first-order chi connectivity index (χ1) is 18.6. The van der Waals surface area contributed by atoms with Crippen LogP contribution < -0.4 is 15.4 Å². The molecule has 11 nitrogen and oxygen atoms in total. The zero-order valence-electron chi connectivity index (χ0n) is 23.2. The standard InChI is InChI=1S/C25H30N2O7.C3H7NO/c1-14(2)32-25(30)34-16(4)33-24(29)22-19(20-12-18(31-5)9-6-15(20)3)10-11-21(27-22)23(28)26-13-17-7-8-17;1-2-4-3-5/h6,9-12,14,16-17H,7-8,13H2,1-5H3,(H,26,28);3H,2H2,1H3,(H,4,5). The fraction of sp³-hybridized carbons (Fsp3) is 0.464. The summed E-state index contributed by atoms with van der Waals surface area (Å²) in [6, 6.07) is 8.65. The minimum Gasteiger partial charge on any atom is -0.497 e. The molecule has 0 spiro atoms. The monoisotopic (exact) mass is 543 g/mol. The molecule has 2 aromatic rings. The van der Waals surface area contributed by atoms with Crippen LogP contribution in [0.3, 0.4) is 0 Å². The van der Waals surface area contributed by atoms with Crippen molar-refractivity contribution in [1.82, 2.24) is 15.6 Å². The smallest absolute Gasteiger partial charge is 0.497 e. The Morgan fingerprint density at radius 1 is 1.05 bits per heavy atom. The maximum absolute atomic E-state index is 13.1. The number of nitrogens with zero attached hydrogens (tertiary/aromatic N) is 1. The van der Waals surface area contributed by atoms with E-state index < -0.39 is 18.4 Å². The number of carbonyl (C=O) groups excluding carboxylic acids is 4. The molecule has 1 saturated carbocycles. The Balaban J connectivity index is 0.000000976. The molecule has 2 N–H and O–H groups in total. The van der Waals surface area contributed by atoms with E-state index in [9.17, 15) is 19.2 Å². The summed E-state index contributed by atoms with van der Waals surface area (Å²) in [4.78, 5) is 51.1. The van der Waals surface area contributed by atoms with Gasteiger partial charge in [-0.05, 0) is 81.8 Å². The van der Waals surface area contributed by atoms with Crippen LogP contribution in [0.5, 0.6) is 5.75 Å². The van der Waals surface area contributed by atoms with E-state index in [1.165, 1.54) is 6.92 Å². The van der Waals surface area contributed by atoms with Gasteiger partial charge in [0.2, 0.25) is 12.7 Å². The van der Waals surface area contributed by atoms with Crippen LogP contribution in [0.1, 0.15) is 67.1 Å². The number of ether oxygens (including phenoxy) is 4. The van der Waals surface area contributed by atoms with Gasteiger partial charge < -0.3 is 29.6 Å². The molecule has 1 aromatic carbocycles. The molecular formula is C28H37N3O8. The Labute approximate surface area is 228 Å². The Hall–Kier alpha value is -4.15. The van der Waals surface area contributed by atoms with E-state index in [2.05, 4.69) is 15.6 Å². The SMILES string of the molecule is CCNC=O.COc1ccc(C)c(-c2ccc(C(=O)NCC3CC3)nc2C(=O)OC(C)OC(=O)OC(C)C)c1. The average Bonchev–Trinajstić information content (AvgIpc) is 3.72. The zero-order chi connectivity index (χ0) is 28.9. The summed E-state index contributed by atoms with van der Waals surface area (Å²) < 4.78 is 20.5. The Morgan fingerprint density at radius 2 is 1.77 bits per heavy atom. The van der Waals surface area contributed by atoms with Gasteiger partial charge in [0, 0.05) is 25.6 Å². The van der Waals surface area contributed by atoms with Crippen LogP contribution in [-0.2, 0) is 19.0 Å². The molecule has 1 atom stereocenters. The lowest BCUT2D eigenvalue weighted by molar-refractivity contribution is -0.109. The number of esters is 1. The van der Waals surface area contributed by atoms with Crippen molar-refractivity contribution in [3.63, 3.8) is 0 Å². The number of aryl methyl sites for hydroxylation is 1. The molecule has 0 radical (unpaired) electrons. The number of amides is 2. The van der Waals surface area contributed by atoms with Crippen LogP contribution in [0.25, 0.3) is 11.1 Å². The number of hydrogen-bond donors (Lipinski definition) is 2. The summed E-state index contributed by atoms with van der Waals surface area (Å²) >= 11 is 0. The summed E-state index contributed by atoms with van der Waals surface area (Å²) in [7, 11) is 1.55. The first-order valence-corrected chi connectivity index (χ1v) is 12.8. The highest BCUT2D eigenvalue weighted by atomic mass is 16.8. The molecule has 1 unspecified atom stereocenters. The number of nitrogens with one attached hydrogen (secondary N) is 2. The molecule has 0 bridgehead atoms. The zero-order valence-corrected chi connectivity index (χ0v) is 23.2. The van der Waals surface area contributed by atoms with Gasteiger partial charge in [-0.25, -0.2) is 14.6 Å². The van der Waals surface area contributed by atoms with Gasteiger partial charge >= 0.3 is 12.1 Å². The second-order valence-corrected chi connectivity index (χ2v) is 9.11. The van der Waals surface area contributed by atoms with E-state index in [-0.39, 0.29) is 23.4 Å². The van der Waals surface area contributed by atoms with Gasteiger partial charge in [-0.1, -0.05) is 6.07 Å². The fourth-order valence-electron chi connectivity index (χ4n) is 3.30. The van der Waals surface area contributed by atoms with Crippen molar-refractivity contribution >= 4 is 24.4 Å². The van der Waals surface area contributed by atoms with Gasteiger partial charge in [0.25, 0.3) is 5.91 Å². The highest BCUT2D eigenvalue weighted by Gasteiger charge is 2.26. The van der Waals surface area contributed by atoms with Crippen molar-refractivity contribution in [2.24, 2.45) is 5.92 Å². The summed E-state index contributed by atoms with van der Waals surface area (Å²) in [5.41, 5.74) is 2.02. The van der Waals surface area contributed by atoms with Crippen LogP contribution in [0.15, 0.2) is 30.3 Å². The largest absolute Gasteiger partial charge is 0.511 e. The van der Waals surface area contributed by atoms with Crippen LogP contribution in [0.4, 0.5) is 4.79 Å². The number of aromatic nitrogens is 1. The number of pyridine rings is 1. The number of rotatable bonds is 11. The quantitative estimate of drug-likeness (QED) is 0.244. The topological polar surface area (TPSA) is 142 Å². The van der Waals surface area contributed by atoms with E-state index >= 15 is 0 Å². The second kappa shape index (κ2) is 15.3. The summed E-state index contributed by atoms with van der Waals surface area (Å²) in [6.45, 7) is 9.78. The van der Waals surface area contributed by atoms with Crippen LogP contribution in [0.2, 0.25) is 0 Å². The molecular weight excluding hydrogens is 506 g/mol. The van der Waals surface area contributed by atoms with E-state index in [1.54, 1.807) is 45.2 Å². The lowest BCUT2D eigenvalue weighted by Crippen LogP contribution is -2.28. The number of hydrogen-bond acceptors (Lipinski definition) is 9. The average molecular weight is 544 g/mol. The molecule has 1 aromatic heterocycles. The fourth-order valence-corrected chi connectivity index (χ4v) is 3.30. The first-order valence-electron chi connectivity index (χ1n) is 12.8. The number of carbonyl (C=O) groups is 4. The summed E-state index contributed by atoms with van der Waals surface area (Å²) in [5.74, 6) is -0.131. The maximum Gasteiger partial charge on any atom is 0.511 e. The van der Waals surface area contributed by atoms with Gasteiger partial charge in [0.05, 0.1) is 13.2 Å². The molecule has 1 heterocycles. The summed E-state index contributed by atoms with van der Waals surface area (Å²) in [6.07, 6.45) is 0.297. The van der Waals surface area contributed by atoms with Crippen molar-refractivity contribution in [2.45, 2.75) is 59.9 Å². The minimum absolute atomic E-state index is 0.0805. The van der Waals surface area contributed by atoms with E-state index in [0.717, 1.165) is 24.9 Å². The third kappa shape index (κ3) is 10.3. The molecule has 0 aliphatic heterocycles. The van der Waals surface area contributed by atoms with Gasteiger partial charge in [-0.2, -0.15) is 0 Å². The van der Waals surface area contributed by atoms with Crippen LogP contribution in [-0.4, -0.2) is 62.0 Å². The normalized spacial score (nSPS) is 12.8. The van der Waals surface area contributed by atoms with Crippen molar-refractivity contribution < 1.29 is 38.1 Å². The first kappa shape index (κ1) is 31.1. The molecule has 2 amide bonds. The molecule has 1 aliphatic rings. The third-order valence-electron chi connectivity index (χ3n) is 5.46. The lowest BCUT2D eigenvalue weighted by Gasteiger charge is -2.17. The molecule has 0 saturated heterocycles. The summed E-state index contributed by atoms with van der Waals surface area (Å²) in [5, 5.41) is 5.27. The number of benzene rings is 1. The Bertz CT molecular complexity index is 1150.